The molecular weight excluding hydrogens is 196 g/mol. The van der Waals surface area contributed by atoms with Crippen LogP contribution in [0.3, 0.4) is 0 Å². The van der Waals surface area contributed by atoms with Crippen LogP contribution in [-0.4, -0.2) is 23.2 Å². The minimum atomic E-state index is -0.0994. The number of hydrogen-bond donors (Lipinski definition) is 2. The Morgan fingerprint density at radius 1 is 1.64 bits per heavy atom. The fraction of sp³-hybridized carbons (Fsp3) is 0.700. The number of nitrogens with zero attached hydrogens (tertiary/aromatic N) is 1. The highest BCUT2D eigenvalue weighted by Crippen LogP contribution is 2.46. The molecule has 1 unspecified atom stereocenters. The van der Waals surface area contributed by atoms with Gasteiger partial charge in [-0.15, -0.1) is 11.3 Å². The van der Waals surface area contributed by atoms with E-state index in [1.165, 1.54) is 12.8 Å². The zero-order valence-corrected chi connectivity index (χ0v) is 8.96. The maximum Gasteiger partial charge on any atom is 0.0931 e. The second-order valence-electron chi connectivity index (χ2n) is 4.10. The van der Waals surface area contributed by atoms with Crippen molar-refractivity contribution in [2.75, 3.05) is 13.2 Å². The molecule has 1 aliphatic rings. The van der Waals surface area contributed by atoms with Crippen LogP contribution in [0, 0.1) is 11.3 Å². The molecule has 1 fully saturated rings. The second kappa shape index (κ2) is 3.96. The van der Waals surface area contributed by atoms with Crippen LogP contribution in [0.1, 0.15) is 17.8 Å². The fourth-order valence-corrected chi connectivity index (χ4v) is 2.74. The van der Waals surface area contributed by atoms with E-state index in [2.05, 4.69) is 4.98 Å². The third kappa shape index (κ3) is 1.82. The van der Waals surface area contributed by atoms with Crippen molar-refractivity contribution < 1.29 is 5.11 Å². The van der Waals surface area contributed by atoms with Crippen molar-refractivity contribution in [3.8, 4) is 0 Å². The van der Waals surface area contributed by atoms with Gasteiger partial charge in [0.1, 0.15) is 0 Å². The molecule has 14 heavy (non-hydrogen) atoms. The lowest BCUT2D eigenvalue weighted by atomic mass is 9.80. The van der Waals surface area contributed by atoms with E-state index in [0.29, 0.717) is 12.5 Å². The molecule has 2 rings (SSSR count). The van der Waals surface area contributed by atoms with Gasteiger partial charge >= 0.3 is 0 Å². The van der Waals surface area contributed by atoms with Gasteiger partial charge in [0.25, 0.3) is 0 Å². The largest absolute Gasteiger partial charge is 0.396 e. The molecule has 0 aromatic carbocycles. The lowest BCUT2D eigenvalue weighted by Gasteiger charge is -2.29. The summed E-state index contributed by atoms with van der Waals surface area (Å²) in [6, 6.07) is 0. The average molecular weight is 212 g/mol. The molecule has 0 aliphatic heterocycles. The van der Waals surface area contributed by atoms with Gasteiger partial charge in [-0.05, 0) is 18.8 Å². The Bertz CT molecular complexity index is 278. The van der Waals surface area contributed by atoms with Crippen LogP contribution >= 0.6 is 11.3 Å². The van der Waals surface area contributed by atoms with Crippen LogP contribution in [0.25, 0.3) is 0 Å². The zero-order valence-electron chi connectivity index (χ0n) is 8.15. The van der Waals surface area contributed by atoms with Crippen molar-refractivity contribution >= 4 is 11.3 Å². The zero-order chi connectivity index (χ0) is 10.0. The van der Waals surface area contributed by atoms with Gasteiger partial charge in [-0.3, -0.25) is 0 Å². The minimum absolute atomic E-state index is 0.0994. The maximum absolute atomic E-state index is 9.48. The number of hydrogen-bond acceptors (Lipinski definition) is 4. The van der Waals surface area contributed by atoms with Crippen molar-refractivity contribution in [2.45, 2.75) is 19.3 Å². The van der Waals surface area contributed by atoms with E-state index < -0.39 is 0 Å². The van der Waals surface area contributed by atoms with E-state index >= 15 is 0 Å². The standard InChI is InChI=1S/C10H16N2OS/c11-6-10(7-13,8-1-2-8)5-9-12-3-4-14-9/h3-4,8,13H,1-2,5-7,11H2. The molecule has 0 bridgehead atoms. The number of aliphatic hydroxyl groups excluding tert-OH is 1. The van der Waals surface area contributed by atoms with E-state index in [1.807, 2.05) is 11.6 Å². The Morgan fingerprint density at radius 3 is 2.86 bits per heavy atom. The van der Waals surface area contributed by atoms with Gasteiger partial charge in [0.15, 0.2) is 0 Å². The average Bonchev–Trinajstić information content (AvgIpc) is 2.95. The molecule has 1 aliphatic carbocycles. The third-order valence-corrected chi connectivity index (χ3v) is 3.93. The predicted octanol–water partition coefficient (Wildman–Crippen LogP) is 1.03. The molecule has 1 aromatic heterocycles. The maximum atomic E-state index is 9.48. The van der Waals surface area contributed by atoms with Crippen LogP contribution in [0.15, 0.2) is 11.6 Å². The molecule has 78 valence electrons. The molecule has 0 spiro atoms. The first-order chi connectivity index (χ1) is 6.80. The van der Waals surface area contributed by atoms with Gasteiger partial charge in [0, 0.05) is 30.0 Å². The predicted molar refractivity (Wildman–Crippen MR) is 57.1 cm³/mol. The van der Waals surface area contributed by atoms with Crippen molar-refractivity contribution in [2.24, 2.45) is 17.1 Å². The second-order valence-corrected chi connectivity index (χ2v) is 5.08. The molecule has 0 radical (unpaired) electrons. The van der Waals surface area contributed by atoms with Gasteiger partial charge in [0.05, 0.1) is 11.6 Å². The molecule has 0 saturated heterocycles. The Balaban J connectivity index is 2.10. The van der Waals surface area contributed by atoms with Crippen molar-refractivity contribution in [3.05, 3.63) is 16.6 Å². The van der Waals surface area contributed by atoms with E-state index in [4.69, 9.17) is 5.73 Å². The Hall–Kier alpha value is -0.450. The molecule has 1 heterocycles. The molecule has 1 saturated carbocycles. The van der Waals surface area contributed by atoms with Crippen LogP contribution in [-0.2, 0) is 6.42 Å². The summed E-state index contributed by atoms with van der Waals surface area (Å²) in [5.41, 5.74) is 5.69. The van der Waals surface area contributed by atoms with Gasteiger partial charge in [0.2, 0.25) is 0 Å². The molecule has 1 aromatic rings. The van der Waals surface area contributed by atoms with Crippen LogP contribution < -0.4 is 5.73 Å². The highest BCUT2D eigenvalue weighted by Gasteiger charge is 2.44. The lowest BCUT2D eigenvalue weighted by Crippen LogP contribution is -2.38. The first kappa shape index (κ1) is 10.1. The van der Waals surface area contributed by atoms with E-state index in [0.717, 1.165) is 11.4 Å². The van der Waals surface area contributed by atoms with Crippen molar-refractivity contribution in [1.82, 2.24) is 4.98 Å². The van der Waals surface area contributed by atoms with Gasteiger partial charge in [-0.2, -0.15) is 0 Å². The van der Waals surface area contributed by atoms with Crippen molar-refractivity contribution in [1.29, 1.82) is 0 Å². The summed E-state index contributed by atoms with van der Waals surface area (Å²) in [7, 11) is 0. The smallest absolute Gasteiger partial charge is 0.0931 e. The summed E-state index contributed by atoms with van der Waals surface area (Å²) in [6.07, 6.45) is 5.07. The van der Waals surface area contributed by atoms with Crippen molar-refractivity contribution in [3.63, 3.8) is 0 Å². The molecule has 0 amide bonds. The number of aromatic nitrogens is 1. The number of thiazole rings is 1. The number of rotatable bonds is 5. The normalized spacial score (nSPS) is 20.7. The summed E-state index contributed by atoms with van der Waals surface area (Å²) in [5, 5.41) is 12.5. The van der Waals surface area contributed by atoms with E-state index in [1.54, 1.807) is 11.3 Å². The summed E-state index contributed by atoms with van der Waals surface area (Å²) in [4.78, 5) is 4.26. The molecule has 1 atom stereocenters. The Kier molecular flexibility index (Phi) is 2.85. The first-order valence-corrected chi connectivity index (χ1v) is 5.88. The number of nitrogens with two attached hydrogens (primary N) is 1. The molecule has 3 nitrogen and oxygen atoms in total. The van der Waals surface area contributed by atoms with Gasteiger partial charge in [-0.25, -0.2) is 4.98 Å². The van der Waals surface area contributed by atoms with Crippen LogP contribution in [0.4, 0.5) is 0 Å². The van der Waals surface area contributed by atoms with Crippen LogP contribution in [0.5, 0.6) is 0 Å². The quantitative estimate of drug-likeness (QED) is 0.766. The Morgan fingerprint density at radius 2 is 2.43 bits per heavy atom. The SMILES string of the molecule is NCC(CO)(Cc1nccs1)C1CC1. The summed E-state index contributed by atoms with van der Waals surface area (Å²) >= 11 is 1.65. The Labute approximate surface area is 88.0 Å². The minimum Gasteiger partial charge on any atom is -0.396 e. The summed E-state index contributed by atoms with van der Waals surface area (Å²) in [5.74, 6) is 0.612. The topological polar surface area (TPSA) is 59.1 Å². The van der Waals surface area contributed by atoms with E-state index in [9.17, 15) is 5.11 Å². The highest BCUT2D eigenvalue weighted by atomic mass is 32.1. The fourth-order valence-electron chi connectivity index (χ4n) is 1.97. The monoisotopic (exact) mass is 212 g/mol. The first-order valence-electron chi connectivity index (χ1n) is 5.00. The lowest BCUT2D eigenvalue weighted by molar-refractivity contribution is 0.109. The van der Waals surface area contributed by atoms with Gasteiger partial charge in [-0.1, -0.05) is 0 Å². The van der Waals surface area contributed by atoms with E-state index in [-0.39, 0.29) is 12.0 Å². The molecule has 3 N–H and O–H groups in total. The number of aliphatic hydroxyl groups is 1. The molecular formula is C10H16N2OS. The highest BCUT2D eigenvalue weighted by molar-refractivity contribution is 7.09. The molecule has 4 heteroatoms. The van der Waals surface area contributed by atoms with Crippen LogP contribution in [0.2, 0.25) is 0 Å². The van der Waals surface area contributed by atoms with Gasteiger partial charge < -0.3 is 10.8 Å². The summed E-state index contributed by atoms with van der Waals surface area (Å²) in [6.45, 7) is 0.751. The third-order valence-electron chi connectivity index (χ3n) is 3.15. The summed E-state index contributed by atoms with van der Waals surface area (Å²) < 4.78 is 0.